The normalized spacial score (nSPS) is 14.3. The van der Waals surface area contributed by atoms with E-state index in [4.69, 9.17) is 21.1 Å². The molecular formula is C23H26ClIN4O3. The Labute approximate surface area is 210 Å². The molecule has 1 aliphatic heterocycles. The Hall–Kier alpha value is -2.51. The van der Waals surface area contributed by atoms with Crippen LogP contribution in [0.3, 0.4) is 0 Å². The molecule has 3 rings (SSSR count). The summed E-state index contributed by atoms with van der Waals surface area (Å²) in [6, 6.07) is 18.7. The first-order valence-electron chi connectivity index (χ1n) is 10.2. The molecule has 1 atom stereocenters. The maximum absolute atomic E-state index is 11.9. The fraction of sp³-hybridized carbons (Fsp3) is 0.348. The van der Waals surface area contributed by atoms with Gasteiger partial charge in [0.05, 0.1) is 6.07 Å². The van der Waals surface area contributed by atoms with Crippen molar-refractivity contribution in [3.8, 4) is 11.8 Å². The van der Waals surface area contributed by atoms with Crippen LogP contribution in [0.1, 0.15) is 31.7 Å². The third kappa shape index (κ3) is 7.00. The van der Waals surface area contributed by atoms with Crippen LogP contribution in [0.2, 0.25) is 5.02 Å². The predicted molar refractivity (Wildman–Crippen MR) is 118 cm³/mol. The monoisotopic (exact) mass is 568 g/mol. The van der Waals surface area contributed by atoms with E-state index < -0.39 is 11.6 Å². The highest BCUT2D eigenvalue weighted by Gasteiger charge is 2.37. The molecule has 0 radical (unpaired) electrons. The van der Waals surface area contributed by atoms with Crippen LogP contribution in [-0.2, 0) is 10.2 Å². The highest BCUT2D eigenvalue weighted by atomic mass is 127. The van der Waals surface area contributed by atoms with Gasteiger partial charge in [-0.2, -0.15) is 9.95 Å². The van der Waals surface area contributed by atoms with Crippen LogP contribution in [0.15, 0.2) is 54.6 Å². The first kappa shape index (κ1) is 25.7. The van der Waals surface area contributed by atoms with E-state index >= 15 is 0 Å². The molecule has 2 aromatic carbocycles. The molecule has 9 heteroatoms. The molecule has 0 saturated heterocycles. The third-order valence-corrected chi connectivity index (χ3v) is 5.33. The van der Waals surface area contributed by atoms with Crippen molar-refractivity contribution in [2.24, 2.45) is 0 Å². The van der Waals surface area contributed by atoms with Gasteiger partial charge in [-0.25, -0.2) is 15.1 Å². The summed E-state index contributed by atoms with van der Waals surface area (Å²) in [6.07, 6.45) is 3.70. The van der Waals surface area contributed by atoms with Gasteiger partial charge in [0, 0.05) is 5.02 Å². The summed E-state index contributed by atoms with van der Waals surface area (Å²) < 4.78 is 12.2. The van der Waals surface area contributed by atoms with E-state index in [1.54, 1.807) is 29.2 Å². The van der Waals surface area contributed by atoms with Crippen molar-refractivity contribution in [2.45, 2.75) is 31.6 Å². The number of rotatable bonds is 9. The summed E-state index contributed by atoms with van der Waals surface area (Å²) in [5.41, 5.74) is 3.47. The number of carbonyl (C=O) groups is 1. The number of para-hydroxylation sites is 1. The standard InChI is InChI=1S/C23H26ClN4O3.HI/c1-2-3-13-23(14-25,19-9-11-20(24)12-10-19)15-28-17-27(16-26-28)18-30-22(29)31-21-7-5-4-6-8-21;/h4-12,17,26H,2-3,13,15-16,18H2,1H3;1H/q+1;/p-1. The number of hydrogen-bond donors (Lipinski definition) is 1. The third-order valence-electron chi connectivity index (χ3n) is 5.08. The second-order valence-electron chi connectivity index (χ2n) is 7.39. The summed E-state index contributed by atoms with van der Waals surface area (Å²) in [4.78, 5) is 13.7. The lowest BCUT2D eigenvalue weighted by molar-refractivity contribution is -0.581. The average molecular weight is 569 g/mol. The van der Waals surface area contributed by atoms with E-state index in [2.05, 4.69) is 18.4 Å². The van der Waals surface area contributed by atoms with Gasteiger partial charge in [0.1, 0.15) is 17.7 Å². The second-order valence-corrected chi connectivity index (χ2v) is 7.83. The Bertz CT molecular complexity index is 950. The number of hydrazine groups is 1. The number of hydrogen-bond acceptors (Lipinski definition) is 6. The number of carbonyl (C=O) groups excluding carboxylic acids is 1. The molecule has 0 aromatic heterocycles. The first-order chi connectivity index (χ1) is 15.0. The highest BCUT2D eigenvalue weighted by Crippen LogP contribution is 2.31. The molecule has 1 N–H and O–H groups in total. The number of unbranched alkanes of at least 4 members (excludes halogenated alkanes) is 1. The summed E-state index contributed by atoms with van der Waals surface area (Å²) in [5, 5.41) is 10.8. The van der Waals surface area contributed by atoms with Gasteiger partial charge in [0.15, 0.2) is 6.67 Å². The molecule has 0 amide bonds. The molecule has 170 valence electrons. The van der Waals surface area contributed by atoms with Crippen LogP contribution in [0, 0.1) is 11.3 Å². The average Bonchev–Trinajstić information content (AvgIpc) is 3.24. The SMILES string of the molecule is CCCCC(C#N)(C[N+]1=CN(COC(=O)Oc2ccccc2)CN1)c1ccc(Cl)cc1.[I-]. The smallest absolute Gasteiger partial charge is 0.517 e. The van der Waals surface area contributed by atoms with Crippen LogP contribution >= 0.6 is 11.6 Å². The predicted octanol–water partition coefficient (Wildman–Crippen LogP) is 1.29. The number of nitriles is 1. The Morgan fingerprint density at radius 1 is 1.25 bits per heavy atom. The van der Waals surface area contributed by atoms with Crippen LogP contribution in [0.25, 0.3) is 0 Å². The zero-order valence-electron chi connectivity index (χ0n) is 17.8. The van der Waals surface area contributed by atoms with Crippen LogP contribution in [0.5, 0.6) is 5.75 Å². The quantitative estimate of drug-likeness (QED) is 0.213. The zero-order chi connectivity index (χ0) is 22.1. The number of halogens is 2. The van der Waals surface area contributed by atoms with Gasteiger partial charge in [0.25, 0.3) is 6.34 Å². The molecule has 0 fully saturated rings. The van der Waals surface area contributed by atoms with Crippen molar-refractivity contribution < 1.29 is 42.9 Å². The minimum atomic E-state index is -0.770. The van der Waals surface area contributed by atoms with Crippen molar-refractivity contribution >= 4 is 24.1 Å². The van der Waals surface area contributed by atoms with Gasteiger partial charge in [-0.05, 0) is 36.2 Å². The Balaban J connectivity index is 0.00000363. The van der Waals surface area contributed by atoms with Gasteiger partial charge < -0.3 is 33.5 Å². The van der Waals surface area contributed by atoms with E-state index in [-0.39, 0.29) is 30.7 Å². The molecule has 0 aliphatic carbocycles. The van der Waals surface area contributed by atoms with Crippen molar-refractivity contribution in [1.29, 1.82) is 5.26 Å². The van der Waals surface area contributed by atoms with Gasteiger partial charge >= 0.3 is 6.16 Å². The summed E-state index contributed by atoms with van der Waals surface area (Å²) in [6.45, 7) is 3.05. The van der Waals surface area contributed by atoms with E-state index in [1.165, 1.54) is 0 Å². The summed E-state index contributed by atoms with van der Waals surface area (Å²) >= 11 is 6.04. The number of nitrogens with one attached hydrogen (secondary N) is 1. The summed E-state index contributed by atoms with van der Waals surface area (Å²) in [5.74, 6) is 0.426. The second kappa shape index (κ2) is 12.5. The minimum Gasteiger partial charge on any atom is -1.00 e. The molecule has 0 spiro atoms. The lowest BCUT2D eigenvalue weighted by atomic mass is 9.77. The number of benzene rings is 2. The van der Waals surface area contributed by atoms with E-state index in [9.17, 15) is 10.1 Å². The van der Waals surface area contributed by atoms with Gasteiger partial charge in [-0.15, -0.1) is 0 Å². The van der Waals surface area contributed by atoms with Crippen molar-refractivity contribution in [2.75, 3.05) is 19.9 Å². The van der Waals surface area contributed by atoms with Crippen molar-refractivity contribution in [3.05, 3.63) is 65.2 Å². The first-order valence-corrected chi connectivity index (χ1v) is 10.6. The molecule has 2 aromatic rings. The fourth-order valence-corrected chi connectivity index (χ4v) is 3.52. The number of nitrogens with zero attached hydrogens (tertiary/aromatic N) is 3. The summed E-state index contributed by atoms with van der Waals surface area (Å²) in [7, 11) is 0. The van der Waals surface area contributed by atoms with Crippen LogP contribution in [0.4, 0.5) is 4.79 Å². The fourth-order valence-electron chi connectivity index (χ4n) is 3.39. The minimum absolute atomic E-state index is 0. The van der Waals surface area contributed by atoms with Crippen LogP contribution in [-0.4, -0.2) is 42.0 Å². The molecule has 7 nitrogen and oxygen atoms in total. The van der Waals surface area contributed by atoms with E-state index in [0.29, 0.717) is 24.0 Å². The largest absolute Gasteiger partial charge is 1.00 e. The topological polar surface area (TPSA) is 77.6 Å². The maximum Gasteiger partial charge on any atom is 0.517 e. The molecular weight excluding hydrogens is 543 g/mol. The molecule has 1 unspecified atom stereocenters. The van der Waals surface area contributed by atoms with E-state index in [1.807, 2.05) is 41.4 Å². The number of hydrazone groups is 1. The molecule has 0 saturated carbocycles. The Kier molecular flexibility index (Phi) is 10.1. The molecule has 1 heterocycles. The molecule has 0 bridgehead atoms. The van der Waals surface area contributed by atoms with Gasteiger partial charge in [0.2, 0.25) is 6.73 Å². The molecule has 1 aliphatic rings. The van der Waals surface area contributed by atoms with E-state index in [0.717, 1.165) is 24.8 Å². The van der Waals surface area contributed by atoms with Gasteiger partial charge in [-0.1, -0.05) is 61.7 Å². The Morgan fingerprint density at radius 2 is 1.97 bits per heavy atom. The molecule has 32 heavy (non-hydrogen) atoms. The number of ether oxygens (including phenoxy) is 2. The maximum atomic E-state index is 11.9. The lowest BCUT2D eigenvalue weighted by Crippen LogP contribution is -3.00. The van der Waals surface area contributed by atoms with Crippen molar-refractivity contribution in [3.63, 3.8) is 0 Å². The highest BCUT2D eigenvalue weighted by molar-refractivity contribution is 6.30. The van der Waals surface area contributed by atoms with Crippen molar-refractivity contribution in [1.82, 2.24) is 10.3 Å². The Morgan fingerprint density at radius 3 is 2.62 bits per heavy atom. The zero-order valence-corrected chi connectivity index (χ0v) is 20.8. The van der Waals surface area contributed by atoms with Crippen LogP contribution < -0.4 is 34.1 Å². The van der Waals surface area contributed by atoms with Gasteiger partial charge in [-0.3, -0.25) is 0 Å². The lowest BCUT2D eigenvalue weighted by Gasteiger charge is -2.26.